The molecule has 0 aliphatic heterocycles. The number of carbonyl (C=O) groups excluding carboxylic acids is 1. The van der Waals surface area contributed by atoms with E-state index in [0.29, 0.717) is 24.0 Å². The number of hydrogen-bond donors (Lipinski definition) is 1. The van der Waals surface area contributed by atoms with Gasteiger partial charge in [-0.2, -0.15) is 0 Å². The van der Waals surface area contributed by atoms with Gasteiger partial charge < -0.3 is 5.11 Å². The van der Waals surface area contributed by atoms with Gasteiger partial charge in [-0.3, -0.25) is 4.79 Å². The van der Waals surface area contributed by atoms with E-state index >= 15 is 0 Å². The number of carbonyl (C=O) groups is 1. The van der Waals surface area contributed by atoms with E-state index in [1.807, 2.05) is 0 Å². The van der Waals surface area contributed by atoms with Crippen LogP contribution in [-0.4, -0.2) is 16.5 Å². The quantitative estimate of drug-likeness (QED) is 0.725. The summed E-state index contributed by atoms with van der Waals surface area (Å²) >= 11 is 0. The van der Waals surface area contributed by atoms with E-state index in [1.54, 1.807) is 0 Å². The molecule has 3 fully saturated rings. The maximum Gasteiger partial charge on any atom is 0.160 e. The van der Waals surface area contributed by atoms with E-state index in [0.717, 1.165) is 37.7 Å². The fraction of sp³-hybridized carbons (Fsp3) is 0.850. The molecular weight excluding hydrogens is 272 g/mol. The molecule has 1 spiro atoms. The van der Waals surface area contributed by atoms with Gasteiger partial charge in [-0.1, -0.05) is 33.3 Å². The van der Waals surface area contributed by atoms with Crippen molar-refractivity contribution >= 4 is 5.78 Å². The molecule has 0 heterocycles. The van der Waals surface area contributed by atoms with Gasteiger partial charge in [0, 0.05) is 17.4 Å². The molecule has 0 radical (unpaired) electrons. The first-order valence-electron chi connectivity index (χ1n) is 9.06. The molecule has 0 unspecified atom stereocenters. The van der Waals surface area contributed by atoms with Gasteiger partial charge in [-0.15, -0.1) is 0 Å². The Balaban J connectivity index is 1.94. The number of ketones is 1. The fourth-order valence-corrected chi connectivity index (χ4v) is 7.52. The third-order valence-electron chi connectivity index (χ3n) is 8.85. The molecule has 2 nitrogen and oxygen atoms in total. The third kappa shape index (κ3) is 1.28. The standard InChI is InChI=1S/C20H30O2/c1-12-6-9-20-13(2)7-8-19(22,17(20,3)4)11-15(20)18(5)10-14(21)16(12)18/h13,15,22H,6-11H2,1-5H3/t13-,15+,18+,19-,20-/m1/s1. The summed E-state index contributed by atoms with van der Waals surface area (Å²) in [6, 6.07) is 0. The van der Waals surface area contributed by atoms with Crippen LogP contribution in [0.3, 0.4) is 0 Å². The summed E-state index contributed by atoms with van der Waals surface area (Å²) in [5, 5.41) is 11.5. The lowest BCUT2D eigenvalue weighted by Gasteiger charge is -2.59. The Morgan fingerprint density at radius 3 is 2.50 bits per heavy atom. The van der Waals surface area contributed by atoms with Crippen molar-refractivity contribution < 1.29 is 9.90 Å². The second kappa shape index (κ2) is 3.88. The highest BCUT2D eigenvalue weighted by Gasteiger charge is 2.75. The first-order valence-corrected chi connectivity index (χ1v) is 9.06. The van der Waals surface area contributed by atoms with Crippen LogP contribution in [0.15, 0.2) is 11.1 Å². The van der Waals surface area contributed by atoms with E-state index in [2.05, 4.69) is 34.6 Å². The second-order valence-corrected chi connectivity index (χ2v) is 9.57. The highest BCUT2D eigenvalue weighted by molar-refractivity contribution is 6.05. The van der Waals surface area contributed by atoms with E-state index in [-0.39, 0.29) is 16.2 Å². The van der Waals surface area contributed by atoms with Crippen LogP contribution < -0.4 is 0 Å². The van der Waals surface area contributed by atoms with E-state index in [9.17, 15) is 9.90 Å². The zero-order valence-corrected chi connectivity index (χ0v) is 14.8. The molecule has 0 saturated heterocycles. The van der Waals surface area contributed by atoms with Crippen LogP contribution in [0.1, 0.15) is 73.1 Å². The molecule has 0 aromatic carbocycles. The summed E-state index contributed by atoms with van der Waals surface area (Å²) in [5.74, 6) is 1.47. The van der Waals surface area contributed by atoms with Crippen LogP contribution >= 0.6 is 0 Å². The maximum atomic E-state index is 12.3. The maximum absolute atomic E-state index is 12.3. The monoisotopic (exact) mass is 302 g/mol. The first-order chi connectivity index (χ1) is 10.1. The highest BCUT2D eigenvalue weighted by Crippen LogP contribution is 2.77. The van der Waals surface area contributed by atoms with Crippen LogP contribution in [0.2, 0.25) is 0 Å². The van der Waals surface area contributed by atoms with Crippen molar-refractivity contribution in [2.24, 2.45) is 28.1 Å². The summed E-state index contributed by atoms with van der Waals surface area (Å²) in [7, 11) is 0. The molecule has 4 aliphatic carbocycles. The Hall–Kier alpha value is -0.630. The van der Waals surface area contributed by atoms with Crippen molar-refractivity contribution in [3.8, 4) is 0 Å². The van der Waals surface area contributed by atoms with Gasteiger partial charge in [0.25, 0.3) is 0 Å². The number of allylic oxidation sites excluding steroid dienone is 2. The Morgan fingerprint density at radius 2 is 1.86 bits per heavy atom. The molecule has 5 atom stereocenters. The van der Waals surface area contributed by atoms with Gasteiger partial charge in [0.15, 0.2) is 5.78 Å². The van der Waals surface area contributed by atoms with Crippen LogP contribution in [-0.2, 0) is 4.79 Å². The minimum atomic E-state index is -0.540. The first kappa shape index (κ1) is 14.9. The van der Waals surface area contributed by atoms with Crippen molar-refractivity contribution in [2.45, 2.75) is 78.7 Å². The van der Waals surface area contributed by atoms with E-state index in [4.69, 9.17) is 0 Å². The molecule has 4 aliphatic rings. The topological polar surface area (TPSA) is 37.3 Å². The molecular formula is C20H30O2. The Kier molecular flexibility index (Phi) is 2.63. The van der Waals surface area contributed by atoms with Gasteiger partial charge in [0.2, 0.25) is 0 Å². The average Bonchev–Trinajstić information content (AvgIpc) is 2.49. The van der Waals surface area contributed by atoms with Crippen molar-refractivity contribution in [2.75, 3.05) is 0 Å². The summed E-state index contributed by atoms with van der Waals surface area (Å²) < 4.78 is 0. The van der Waals surface area contributed by atoms with Gasteiger partial charge in [0.05, 0.1) is 5.60 Å². The lowest BCUT2D eigenvalue weighted by molar-refractivity contribution is -0.157. The summed E-state index contributed by atoms with van der Waals surface area (Å²) in [6.07, 6.45) is 5.84. The van der Waals surface area contributed by atoms with E-state index < -0.39 is 5.60 Å². The molecule has 2 heteroatoms. The Bertz CT molecular complexity index is 601. The fourth-order valence-electron chi connectivity index (χ4n) is 7.52. The van der Waals surface area contributed by atoms with Crippen LogP contribution in [0.4, 0.5) is 0 Å². The minimum Gasteiger partial charge on any atom is -0.389 e. The minimum absolute atomic E-state index is 0.0119. The molecule has 4 rings (SSSR count). The molecule has 0 amide bonds. The van der Waals surface area contributed by atoms with E-state index in [1.165, 1.54) is 5.57 Å². The lowest BCUT2D eigenvalue weighted by atomic mass is 9.45. The Morgan fingerprint density at radius 1 is 1.18 bits per heavy atom. The summed E-state index contributed by atoms with van der Waals surface area (Å²) in [6.45, 7) is 11.5. The zero-order valence-electron chi connectivity index (χ0n) is 14.8. The van der Waals surface area contributed by atoms with Crippen LogP contribution in [0.5, 0.6) is 0 Å². The molecule has 1 N–H and O–H groups in total. The SMILES string of the molecule is CC1=C2C(=O)C[C@@]2(C)[C@@H]2C[C@]3(O)CC[C@@H](C)[C@@]2(CC1)C3(C)C. The number of Topliss-reactive ketones (excluding diaryl/α,β-unsaturated/α-hetero) is 1. The molecule has 122 valence electrons. The number of rotatable bonds is 0. The second-order valence-electron chi connectivity index (χ2n) is 9.57. The van der Waals surface area contributed by atoms with Gasteiger partial charge in [-0.05, 0) is 61.7 Å². The van der Waals surface area contributed by atoms with Crippen molar-refractivity contribution in [1.82, 2.24) is 0 Å². The summed E-state index contributed by atoms with van der Waals surface area (Å²) in [5.41, 5.74) is 2.06. The Labute approximate surface area is 134 Å². The van der Waals surface area contributed by atoms with Gasteiger partial charge >= 0.3 is 0 Å². The summed E-state index contributed by atoms with van der Waals surface area (Å²) in [4.78, 5) is 12.3. The average molecular weight is 302 g/mol. The largest absolute Gasteiger partial charge is 0.389 e. The lowest BCUT2D eigenvalue weighted by Crippen LogP contribution is -2.57. The highest BCUT2D eigenvalue weighted by atomic mass is 16.3. The predicted molar refractivity (Wildman–Crippen MR) is 87.3 cm³/mol. The smallest absolute Gasteiger partial charge is 0.160 e. The molecule has 2 bridgehead atoms. The van der Waals surface area contributed by atoms with Crippen LogP contribution in [0, 0.1) is 28.1 Å². The van der Waals surface area contributed by atoms with Crippen LogP contribution in [0.25, 0.3) is 0 Å². The normalized spacial score (nSPS) is 52.7. The molecule has 0 aromatic rings. The molecule has 22 heavy (non-hydrogen) atoms. The molecule has 3 saturated carbocycles. The van der Waals surface area contributed by atoms with Crippen molar-refractivity contribution in [1.29, 1.82) is 0 Å². The molecule has 0 aromatic heterocycles. The van der Waals surface area contributed by atoms with Gasteiger partial charge in [-0.25, -0.2) is 0 Å². The third-order valence-corrected chi connectivity index (χ3v) is 8.85. The number of hydrogen-bond acceptors (Lipinski definition) is 2. The van der Waals surface area contributed by atoms with Crippen molar-refractivity contribution in [3.63, 3.8) is 0 Å². The number of aliphatic hydroxyl groups is 1. The van der Waals surface area contributed by atoms with Crippen molar-refractivity contribution in [3.05, 3.63) is 11.1 Å². The zero-order chi connectivity index (χ0) is 16.1. The van der Waals surface area contributed by atoms with Gasteiger partial charge in [0.1, 0.15) is 0 Å². The number of fused-ring (bicyclic) bond motifs is 3. The predicted octanol–water partition coefficient (Wildman–Crippen LogP) is 4.27.